The highest BCUT2D eigenvalue weighted by Crippen LogP contribution is 2.22. The van der Waals surface area contributed by atoms with E-state index in [2.05, 4.69) is 15.1 Å². The van der Waals surface area contributed by atoms with Gasteiger partial charge in [-0.05, 0) is 51.1 Å². The van der Waals surface area contributed by atoms with Gasteiger partial charge in [-0.3, -0.25) is 4.79 Å². The first kappa shape index (κ1) is 20.4. The second-order valence-corrected chi connectivity index (χ2v) is 8.21. The van der Waals surface area contributed by atoms with Gasteiger partial charge in [-0.25, -0.2) is 9.50 Å². The van der Waals surface area contributed by atoms with Crippen molar-refractivity contribution in [2.45, 2.75) is 31.2 Å². The molecule has 1 unspecified atom stereocenters. The molecule has 148 valence electrons. The number of thioether (sulfide) groups is 1. The first-order valence-corrected chi connectivity index (χ1v) is 10.1. The van der Waals surface area contributed by atoms with Crippen molar-refractivity contribution in [2.75, 3.05) is 20.2 Å². The molecule has 0 aliphatic heterocycles. The normalized spacial score (nSPS) is 12.2. The minimum Gasteiger partial charge on any atom is -0.492 e. The second-order valence-electron chi connectivity index (χ2n) is 6.47. The van der Waals surface area contributed by atoms with Crippen LogP contribution in [0.5, 0.6) is 5.75 Å². The highest BCUT2D eigenvalue weighted by molar-refractivity contribution is 8.00. The molecule has 0 bridgehead atoms. The Morgan fingerprint density at radius 3 is 2.71 bits per heavy atom. The Labute approximate surface area is 173 Å². The fourth-order valence-electron chi connectivity index (χ4n) is 2.66. The number of nitrogens with zero attached hydrogens (tertiary/aromatic N) is 5. The standard InChI is InChI=1S/C19H22ClN5O2S/c1-12-11-13(2)25-18(21-12)22-19(23-25)28-14(3)17(26)24(4)9-10-27-16-7-5-15(20)6-8-16/h5-8,11,14H,9-10H2,1-4H3. The number of benzene rings is 1. The quantitative estimate of drug-likeness (QED) is 0.546. The molecule has 1 amide bonds. The molecule has 28 heavy (non-hydrogen) atoms. The summed E-state index contributed by atoms with van der Waals surface area (Å²) in [7, 11) is 1.76. The van der Waals surface area contributed by atoms with E-state index in [1.54, 1.807) is 40.7 Å². The van der Waals surface area contributed by atoms with Gasteiger partial charge in [0.25, 0.3) is 5.78 Å². The van der Waals surface area contributed by atoms with Crippen LogP contribution in [0, 0.1) is 13.8 Å². The zero-order chi connectivity index (χ0) is 20.3. The molecule has 0 radical (unpaired) electrons. The topological polar surface area (TPSA) is 72.6 Å². The molecule has 2 aromatic heterocycles. The van der Waals surface area contributed by atoms with Gasteiger partial charge in [0.1, 0.15) is 12.4 Å². The van der Waals surface area contributed by atoms with E-state index in [-0.39, 0.29) is 11.2 Å². The number of aromatic nitrogens is 4. The van der Waals surface area contributed by atoms with Crippen LogP contribution in [0.4, 0.5) is 0 Å². The summed E-state index contributed by atoms with van der Waals surface area (Å²) in [5.74, 6) is 1.26. The maximum Gasteiger partial charge on any atom is 0.253 e. The number of hydrogen-bond acceptors (Lipinski definition) is 6. The molecule has 3 aromatic rings. The Morgan fingerprint density at radius 2 is 2.00 bits per heavy atom. The van der Waals surface area contributed by atoms with Gasteiger partial charge in [0.05, 0.1) is 11.8 Å². The summed E-state index contributed by atoms with van der Waals surface area (Å²) in [4.78, 5) is 23.1. The van der Waals surface area contributed by atoms with E-state index < -0.39 is 0 Å². The second kappa shape index (κ2) is 8.79. The number of hydrogen-bond donors (Lipinski definition) is 0. The Morgan fingerprint density at radius 1 is 1.29 bits per heavy atom. The number of carbonyl (C=O) groups is 1. The SMILES string of the molecule is Cc1cc(C)n2nc(SC(C)C(=O)N(C)CCOc3ccc(Cl)cc3)nc2n1. The highest BCUT2D eigenvalue weighted by atomic mass is 35.5. The van der Waals surface area contributed by atoms with E-state index in [1.807, 2.05) is 26.8 Å². The number of fused-ring (bicyclic) bond motifs is 1. The molecule has 0 saturated carbocycles. The molecular weight excluding hydrogens is 398 g/mol. The van der Waals surface area contributed by atoms with Gasteiger partial charge >= 0.3 is 0 Å². The third kappa shape index (κ3) is 4.94. The third-order valence-electron chi connectivity index (χ3n) is 4.11. The number of likely N-dealkylation sites (N-methyl/N-ethyl adjacent to an activating group) is 1. The van der Waals surface area contributed by atoms with Crippen LogP contribution in [0.1, 0.15) is 18.3 Å². The maximum atomic E-state index is 12.6. The van der Waals surface area contributed by atoms with Crippen molar-refractivity contribution in [3.63, 3.8) is 0 Å². The van der Waals surface area contributed by atoms with Crippen LogP contribution in [0.3, 0.4) is 0 Å². The van der Waals surface area contributed by atoms with Crippen molar-refractivity contribution in [1.29, 1.82) is 0 Å². The summed E-state index contributed by atoms with van der Waals surface area (Å²) >= 11 is 7.18. The Kier molecular flexibility index (Phi) is 6.41. The van der Waals surface area contributed by atoms with Crippen LogP contribution < -0.4 is 4.74 Å². The number of rotatable bonds is 7. The largest absolute Gasteiger partial charge is 0.492 e. The molecule has 1 atom stereocenters. The lowest BCUT2D eigenvalue weighted by molar-refractivity contribution is -0.129. The molecule has 0 saturated heterocycles. The Balaban J connectivity index is 1.54. The number of ether oxygens (including phenoxy) is 1. The number of amides is 1. The summed E-state index contributed by atoms with van der Waals surface area (Å²) in [5, 5.41) is 5.32. The molecule has 0 N–H and O–H groups in total. The van der Waals surface area contributed by atoms with Gasteiger partial charge in [-0.2, -0.15) is 4.98 Å². The van der Waals surface area contributed by atoms with E-state index in [4.69, 9.17) is 16.3 Å². The van der Waals surface area contributed by atoms with Gasteiger partial charge in [0.15, 0.2) is 0 Å². The number of aryl methyl sites for hydroxylation is 2. The molecule has 0 aliphatic carbocycles. The van der Waals surface area contributed by atoms with Crippen LogP contribution in [0.2, 0.25) is 5.02 Å². The molecule has 0 fully saturated rings. The zero-order valence-electron chi connectivity index (χ0n) is 16.2. The van der Waals surface area contributed by atoms with Gasteiger partial charge in [-0.15, -0.1) is 5.10 Å². The first-order chi connectivity index (χ1) is 13.3. The van der Waals surface area contributed by atoms with Crippen LogP contribution in [0.25, 0.3) is 5.78 Å². The van der Waals surface area contributed by atoms with Crippen LogP contribution >= 0.6 is 23.4 Å². The van der Waals surface area contributed by atoms with Gasteiger partial charge in [0, 0.05) is 23.5 Å². The van der Waals surface area contributed by atoms with Crippen LogP contribution in [-0.2, 0) is 4.79 Å². The van der Waals surface area contributed by atoms with E-state index in [9.17, 15) is 4.79 Å². The van der Waals surface area contributed by atoms with E-state index >= 15 is 0 Å². The summed E-state index contributed by atoms with van der Waals surface area (Å²) in [6, 6.07) is 9.08. The lowest BCUT2D eigenvalue weighted by Gasteiger charge is -2.20. The molecular formula is C19H22ClN5O2S. The van der Waals surface area contributed by atoms with Crippen LogP contribution in [-0.4, -0.2) is 55.8 Å². The minimum atomic E-state index is -0.320. The molecule has 3 rings (SSSR count). The molecule has 0 spiro atoms. The van der Waals surface area contributed by atoms with E-state index in [0.717, 1.165) is 17.1 Å². The molecule has 9 heteroatoms. The molecule has 7 nitrogen and oxygen atoms in total. The molecule has 0 aliphatic rings. The Hall–Kier alpha value is -2.32. The van der Waals surface area contributed by atoms with E-state index in [0.29, 0.717) is 29.1 Å². The van der Waals surface area contributed by atoms with Gasteiger partial charge in [-0.1, -0.05) is 23.4 Å². The van der Waals surface area contributed by atoms with Gasteiger partial charge < -0.3 is 9.64 Å². The van der Waals surface area contributed by atoms with Crippen molar-refractivity contribution in [3.8, 4) is 5.75 Å². The van der Waals surface area contributed by atoms with Crippen molar-refractivity contribution in [2.24, 2.45) is 0 Å². The smallest absolute Gasteiger partial charge is 0.253 e. The van der Waals surface area contributed by atoms with Crippen molar-refractivity contribution in [1.82, 2.24) is 24.5 Å². The fourth-order valence-corrected chi connectivity index (χ4v) is 3.64. The van der Waals surface area contributed by atoms with Crippen LogP contribution in [0.15, 0.2) is 35.5 Å². The summed E-state index contributed by atoms with van der Waals surface area (Å²) in [5.41, 5.74) is 1.84. The molecule has 2 heterocycles. The predicted octanol–water partition coefficient (Wildman–Crippen LogP) is 3.41. The summed E-state index contributed by atoms with van der Waals surface area (Å²) < 4.78 is 7.34. The highest BCUT2D eigenvalue weighted by Gasteiger charge is 2.21. The average molecular weight is 420 g/mol. The van der Waals surface area contributed by atoms with E-state index in [1.165, 1.54) is 11.8 Å². The average Bonchev–Trinajstić information content (AvgIpc) is 3.05. The van der Waals surface area contributed by atoms with Crippen molar-refractivity contribution in [3.05, 3.63) is 46.7 Å². The lowest BCUT2D eigenvalue weighted by Crippen LogP contribution is -2.36. The summed E-state index contributed by atoms with van der Waals surface area (Å²) in [6.07, 6.45) is 0. The number of halogens is 1. The Bertz CT molecular complexity index is 976. The zero-order valence-corrected chi connectivity index (χ0v) is 17.8. The summed E-state index contributed by atoms with van der Waals surface area (Å²) in [6.45, 7) is 6.59. The monoisotopic (exact) mass is 419 g/mol. The minimum absolute atomic E-state index is 0.00979. The van der Waals surface area contributed by atoms with Gasteiger partial charge in [0.2, 0.25) is 11.1 Å². The maximum absolute atomic E-state index is 12.6. The lowest BCUT2D eigenvalue weighted by atomic mass is 10.3. The fraction of sp³-hybridized carbons (Fsp3) is 0.368. The number of carbonyl (C=O) groups excluding carboxylic acids is 1. The van der Waals surface area contributed by atoms with Crippen molar-refractivity contribution >= 4 is 35.0 Å². The van der Waals surface area contributed by atoms with Crippen molar-refractivity contribution < 1.29 is 9.53 Å². The first-order valence-electron chi connectivity index (χ1n) is 8.84. The predicted molar refractivity (Wildman–Crippen MR) is 110 cm³/mol. The third-order valence-corrected chi connectivity index (χ3v) is 5.31. The molecule has 1 aromatic carbocycles.